The van der Waals surface area contributed by atoms with Crippen LogP contribution in [0.2, 0.25) is 0 Å². The number of nitrogens with zero attached hydrogens (tertiary/aromatic N) is 1. The highest BCUT2D eigenvalue weighted by Gasteiger charge is 2.23. The van der Waals surface area contributed by atoms with Crippen LogP contribution in [-0.2, 0) is 4.79 Å². The van der Waals surface area contributed by atoms with Gasteiger partial charge in [-0.1, -0.05) is 12.1 Å². The Hall–Kier alpha value is -2.05. The van der Waals surface area contributed by atoms with E-state index in [2.05, 4.69) is 10.3 Å². The molecule has 1 heterocycles. The number of benzene rings is 2. The molecule has 2 aromatic carbocycles. The van der Waals surface area contributed by atoms with Gasteiger partial charge in [-0.15, -0.1) is 11.8 Å². The van der Waals surface area contributed by atoms with E-state index in [0.717, 1.165) is 5.56 Å². The molecular formula is C17H13FN2OS2. The molecule has 2 aromatic rings. The zero-order valence-corrected chi connectivity index (χ0v) is 13.9. The third-order valence-corrected chi connectivity index (χ3v) is 4.78. The Morgan fingerprint density at radius 2 is 1.83 bits per heavy atom. The largest absolute Gasteiger partial charge is 0.300 e. The SMILES string of the molecule is CSc1ccc(/C=C2\SC(=Nc3ccc(F)cc3)NC2=O)cc1. The number of rotatable bonds is 3. The lowest BCUT2D eigenvalue weighted by Gasteiger charge is -1.98. The van der Waals surface area contributed by atoms with Crippen LogP contribution in [0.25, 0.3) is 6.08 Å². The first-order chi connectivity index (χ1) is 11.1. The predicted octanol–water partition coefficient (Wildman–Crippen LogP) is 4.44. The second kappa shape index (κ2) is 7.02. The molecule has 3 nitrogen and oxygen atoms in total. The lowest BCUT2D eigenvalue weighted by molar-refractivity contribution is -0.115. The van der Waals surface area contributed by atoms with Crippen LogP contribution in [0, 0.1) is 5.82 Å². The van der Waals surface area contributed by atoms with E-state index in [4.69, 9.17) is 0 Å². The molecule has 0 atom stereocenters. The minimum absolute atomic E-state index is 0.176. The number of amidine groups is 1. The third kappa shape index (κ3) is 4.03. The molecule has 0 spiro atoms. The minimum atomic E-state index is -0.314. The molecular weight excluding hydrogens is 331 g/mol. The number of hydrogen-bond acceptors (Lipinski definition) is 4. The summed E-state index contributed by atoms with van der Waals surface area (Å²) in [6, 6.07) is 13.8. The van der Waals surface area contributed by atoms with Crippen LogP contribution in [0.5, 0.6) is 0 Å². The molecule has 0 aliphatic carbocycles. The first-order valence-corrected chi connectivity index (χ1v) is 8.87. The van der Waals surface area contributed by atoms with Gasteiger partial charge in [0, 0.05) is 4.90 Å². The van der Waals surface area contributed by atoms with Gasteiger partial charge in [0.2, 0.25) is 0 Å². The number of carbonyl (C=O) groups is 1. The molecule has 1 N–H and O–H groups in total. The molecule has 3 rings (SSSR count). The lowest BCUT2D eigenvalue weighted by atomic mass is 10.2. The highest BCUT2D eigenvalue weighted by Crippen LogP contribution is 2.28. The summed E-state index contributed by atoms with van der Waals surface area (Å²) in [5.74, 6) is -0.490. The van der Waals surface area contributed by atoms with E-state index in [9.17, 15) is 9.18 Å². The van der Waals surface area contributed by atoms with Crippen molar-refractivity contribution in [2.45, 2.75) is 4.90 Å². The molecule has 1 fully saturated rings. The highest BCUT2D eigenvalue weighted by atomic mass is 32.2. The average molecular weight is 344 g/mol. The van der Waals surface area contributed by atoms with E-state index in [0.29, 0.717) is 15.8 Å². The van der Waals surface area contributed by atoms with Crippen molar-refractivity contribution >= 4 is 46.4 Å². The Kier molecular flexibility index (Phi) is 4.83. The molecule has 0 unspecified atom stereocenters. The van der Waals surface area contributed by atoms with Crippen molar-refractivity contribution in [3.8, 4) is 0 Å². The van der Waals surface area contributed by atoms with Gasteiger partial charge in [-0.05, 0) is 66.1 Å². The standard InChI is InChI=1S/C17H13FN2OS2/c1-22-14-8-2-11(3-9-14)10-15-16(21)20-17(23-15)19-13-6-4-12(18)5-7-13/h2-10H,1H3,(H,19,20,21)/b15-10-. The number of amides is 1. The summed E-state index contributed by atoms with van der Waals surface area (Å²) in [5, 5.41) is 3.21. The van der Waals surface area contributed by atoms with Crippen LogP contribution in [0.4, 0.5) is 10.1 Å². The van der Waals surface area contributed by atoms with Crippen LogP contribution in [0.15, 0.2) is 63.3 Å². The van der Waals surface area contributed by atoms with Crippen molar-refractivity contribution in [3.05, 3.63) is 64.8 Å². The maximum absolute atomic E-state index is 12.9. The highest BCUT2D eigenvalue weighted by molar-refractivity contribution is 8.18. The number of carbonyl (C=O) groups excluding carboxylic acids is 1. The van der Waals surface area contributed by atoms with E-state index >= 15 is 0 Å². The van der Waals surface area contributed by atoms with Gasteiger partial charge in [0.1, 0.15) is 5.82 Å². The molecule has 6 heteroatoms. The molecule has 1 aliphatic heterocycles. The smallest absolute Gasteiger partial charge is 0.264 e. The monoisotopic (exact) mass is 344 g/mol. The molecule has 1 amide bonds. The van der Waals surface area contributed by atoms with Gasteiger partial charge >= 0.3 is 0 Å². The number of thioether (sulfide) groups is 2. The summed E-state index contributed by atoms with van der Waals surface area (Å²) < 4.78 is 12.9. The van der Waals surface area contributed by atoms with Gasteiger partial charge in [0.05, 0.1) is 10.6 Å². The Morgan fingerprint density at radius 1 is 1.13 bits per heavy atom. The van der Waals surface area contributed by atoms with Gasteiger partial charge in [0.25, 0.3) is 5.91 Å². The van der Waals surface area contributed by atoms with E-state index in [-0.39, 0.29) is 11.7 Å². The number of nitrogens with one attached hydrogen (secondary N) is 1. The third-order valence-electron chi connectivity index (χ3n) is 3.12. The quantitative estimate of drug-likeness (QED) is 0.661. The van der Waals surface area contributed by atoms with Crippen LogP contribution in [0.1, 0.15) is 5.56 Å². The fourth-order valence-corrected chi connectivity index (χ4v) is 3.21. The van der Waals surface area contributed by atoms with Gasteiger partial charge in [-0.25, -0.2) is 9.38 Å². The van der Waals surface area contributed by atoms with E-state index in [1.54, 1.807) is 23.9 Å². The summed E-state index contributed by atoms with van der Waals surface area (Å²) >= 11 is 2.95. The molecule has 0 aromatic heterocycles. The van der Waals surface area contributed by atoms with Gasteiger partial charge in [-0.2, -0.15) is 0 Å². The summed E-state index contributed by atoms with van der Waals surface area (Å²) in [5.41, 5.74) is 1.56. The first kappa shape index (κ1) is 15.8. The Bertz CT molecular complexity index is 783. The minimum Gasteiger partial charge on any atom is -0.300 e. The van der Waals surface area contributed by atoms with Crippen molar-refractivity contribution in [2.75, 3.05) is 6.26 Å². The maximum atomic E-state index is 12.9. The lowest BCUT2D eigenvalue weighted by Crippen LogP contribution is -2.19. The summed E-state index contributed by atoms with van der Waals surface area (Å²) in [7, 11) is 0. The second-order valence-electron chi connectivity index (χ2n) is 4.73. The average Bonchev–Trinajstić information content (AvgIpc) is 2.90. The van der Waals surface area contributed by atoms with Crippen molar-refractivity contribution in [2.24, 2.45) is 4.99 Å². The van der Waals surface area contributed by atoms with Gasteiger partial charge in [0.15, 0.2) is 5.17 Å². The molecule has 116 valence electrons. The van der Waals surface area contributed by atoms with E-state index in [1.165, 1.54) is 28.8 Å². The summed E-state index contributed by atoms with van der Waals surface area (Å²) in [6.45, 7) is 0. The topological polar surface area (TPSA) is 41.5 Å². The van der Waals surface area contributed by atoms with E-state index in [1.807, 2.05) is 36.6 Å². The summed E-state index contributed by atoms with van der Waals surface area (Å²) in [4.78, 5) is 18.1. The first-order valence-electron chi connectivity index (χ1n) is 6.83. The number of hydrogen-bond donors (Lipinski definition) is 1. The normalized spacial score (nSPS) is 17.7. The van der Waals surface area contributed by atoms with Crippen LogP contribution < -0.4 is 5.32 Å². The molecule has 23 heavy (non-hydrogen) atoms. The van der Waals surface area contributed by atoms with Crippen LogP contribution >= 0.6 is 23.5 Å². The van der Waals surface area contributed by atoms with E-state index < -0.39 is 0 Å². The molecule has 1 saturated heterocycles. The zero-order chi connectivity index (χ0) is 16.2. The second-order valence-corrected chi connectivity index (χ2v) is 6.64. The fraction of sp³-hybridized carbons (Fsp3) is 0.0588. The van der Waals surface area contributed by atoms with Crippen molar-refractivity contribution < 1.29 is 9.18 Å². The van der Waals surface area contributed by atoms with Crippen LogP contribution in [-0.4, -0.2) is 17.3 Å². The van der Waals surface area contributed by atoms with Gasteiger partial charge < -0.3 is 5.32 Å². The maximum Gasteiger partial charge on any atom is 0.264 e. The number of aliphatic imine (C=N–C) groups is 1. The molecule has 1 aliphatic rings. The van der Waals surface area contributed by atoms with Crippen molar-refractivity contribution in [1.29, 1.82) is 0 Å². The predicted molar refractivity (Wildman–Crippen MR) is 95.4 cm³/mol. The van der Waals surface area contributed by atoms with Crippen molar-refractivity contribution in [1.82, 2.24) is 5.32 Å². The molecule has 0 saturated carbocycles. The fourth-order valence-electron chi connectivity index (χ4n) is 1.96. The number of halogens is 1. The zero-order valence-electron chi connectivity index (χ0n) is 12.2. The Balaban J connectivity index is 1.78. The van der Waals surface area contributed by atoms with Crippen molar-refractivity contribution in [3.63, 3.8) is 0 Å². The van der Waals surface area contributed by atoms with Crippen LogP contribution in [0.3, 0.4) is 0 Å². The molecule has 0 radical (unpaired) electrons. The molecule has 0 bridgehead atoms. The van der Waals surface area contributed by atoms with Gasteiger partial charge in [-0.3, -0.25) is 4.79 Å². The Labute approximate surface area is 142 Å². The Morgan fingerprint density at radius 3 is 2.48 bits per heavy atom. The summed E-state index contributed by atoms with van der Waals surface area (Å²) in [6.07, 6.45) is 3.85.